The standard InChI is InChI=1S/C43H33ClN2Si/c1-32-28-41-43(44)42(29-32)46(34-18-8-3-9-19-34)36-21-15-27-40(31-36)47(37-22-10-4-11-23-37,38-24-12-5-13-25-38)39-26-14-20-35(30-39)45(41)33-16-6-2-7-17-33/h2-31H,1H3. The highest BCUT2D eigenvalue weighted by Crippen LogP contribution is 2.47. The van der Waals surface area contributed by atoms with Crippen LogP contribution in [0.5, 0.6) is 0 Å². The quantitative estimate of drug-likeness (QED) is 0.177. The zero-order chi connectivity index (χ0) is 31.8. The van der Waals surface area contributed by atoms with Crippen LogP contribution in [-0.4, -0.2) is 8.07 Å². The normalized spacial score (nSPS) is 13.4. The molecule has 0 saturated carbocycles. The van der Waals surface area contributed by atoms with E-state index in [4.69, 9.17) is 11.6 Å². The van der Waals surface area contributed by atoms with Crippen LogP contribution in [0.2, 0.25) is 5.02 Å². The molecule has 47 heavy (non-hydrogen) atoms. The number of hydrogen-bond acceptors (Lipinski definition) is 2. The second-order valence-corrected chi connectivity index (χ2v) is 16.2. The molecular weight excluding hydrogens is 608 g/mol. The number of hydrogen-bond donors (Lipinski definition) is 0. The molecule has 6 bridgehead atoms. The minimum absolute atomic E-state index is 0.689. The van der Waals surface area contributed by atoms with E-state index >= 15 is 0 Å². The Bertz CT molecular complexity index is 2020. The van der Waals surface area contributed by atoms with Gasteiger partial charge in [-0.25, -0.2) is 0 Å². The molecule has 4 heteroatoms. The predicted molar refractivity (Wildman–Crippen MR) is 203 cm³/mol. The van der Waals surface area contributed by atoms with Crippen LogP contribution >= 0.6 is 11.6 Å². The third-order valence-electron chi connectivity index (χ3n) is 9.18. The molecule has 1 aliphatic rings. The van der Waals surface area contributed by atoms with Gasteiger partial charge < -0.3 is 9.80 Å². The molecule has 1 heterocycles. The summed E-state index contributed by atoms with van der Waals surface area (Å²) in [6, 6.07) is 66.1. The highest BCUT2D eigenvalue weighted by atomic mass is 35.5. The van der Waals surface area contributed by atoms with Crippen LogP contribution in [0.4, 0.5) is 34.1 Å². The van der Waals surface area contributed by atoms with Gasteiger partial charge in [0.15, 0.2) is 8.07 Å². The van der Waals surface area contributed by atoms with E-state index in [0.717, 1.165) is 39.7 Å². The first-order valence-corrected chi connectivity index (χ1v) is 18.3. The Hall–Kier alpha value is -5.35. The maximum atomic E-state index is 7.60. The molecule has 0 aliphatic carbocycles. The molecule has 0 amide bonds. The summed E-state index contributed by atoms with van der Waals surface area (Å²) in [7, 11) is -2.85. The maximum absolute atomic E-state index is 7.60. The Labute approximate surface area is 282 Å². The van der Waals surface area contributed by atoms with Crippen LogP contribution in [0, 0.1) is 6.92 Å². The average Bonchev–Trinajstić information content (AvgIpc) is 3.13. The lowest BCUT2D eigenvalue weighted by Crippen LogP contribution is -2.74. The van der Waals surface area contributed by atoms with Crippen LogP contribution in [0.25, 0.3) is 0 Å². The van der Waals surface area contributed by atoms with Gasteiger partial charge >= 0.3 is 0 Å². The monoisotopic (exact) mass is 640 g/mol. The van der Waals surface area contributed by atoms with Crippen molar-refractivity contribution < 1.29 is 0 Å². The van der Waals surface area contributed by atoms with Gasteiger partial charge in [-0.05, 0) is 93.9 Å². The lowest BCUT2D eigenvalue weighted by molar-refractivity contribution is 1.23. The van der Waals surface area contributed by atoms with Crippen molar-refractivity contribution in [2.45, 2.75) is 6.92 Å². The Morgan fingerprint density at radius 3 is 1.13 bits per heavy atom. The molecule has 8 rings (SSSR count). The molecule has 0 N–H and O–H groups in total. The van der Waals surface area contributed by atoms with E-state index in [2.05, 4.69) is 199 Å². The van der Waals surface area contributed by atoms with E-state index in [9.17, 15) is 0 Å². The fraction of sp³-hybridized carbons (Fsp3) is 0.0233. The highest BCUT2D eigenvalue weighted by Gasteiger charge is 2.42. The molecule has 0 spiro atoms. The number of nitrogens with zero attached hydrogens (tertiary/aromatic N) is 2. The van der Waals surface area contributed by atoms with Gasteiger partial charge in [-0.2, -0.15) is 0 Å². The highest BCUT2D eigenvalue weighted by molar-refractivity contribution is 7.20. The number of fused-ring (bicyclic) bond motifs is 6. The van der Waals surface area contributed by atoms with E-state index in [1.165, 1.54) is 20.7 Å². The van der Waals surface area contributed by atoms with Crippen LogP contribution in [-0.2, 0) is 0 Å². The smallest absolute Gasteiger partial charge is 0.179 e. The van der Waals surface area contributed by atoms with Crippen LogP contribution in [0.1, 0.15) is 5.56 Å². The SMILES string of the molecule is Cc1cc2c(Cl)c(c1)N(c1ccccc1)c1cccc(c1)[Si](c1ccccc1)(c1ccccc1)c1cccc(c1)N2c1ccccc1. The molecule has 0 saturated heterocycles. The summed E-state index contributed by atoms with van der Waals surface area (Å²) in [5, 5.41) is 5.97. The van der Waals surface area contributed by atoms with Crippen molar-refractivity contribution in [2.24, 2.45) is 0 Å². The second kappa shape index (κ2) is 12.1. The minimum Gasteiger partial charge on any atom is -0.309 e. The zero-order valence-electron chi connectivity index (χ0n) is 26.1. The van der Waals surface area contributed by atoms with Crippen LogP contribution in [0.3, 0.4) is 0 Å². The van der Waals surface area contributed by atoms with Gasteiger partial charge in [0.2, 0.25) is 0 Å². The fourth-order valence-corrected chi connectivity index (χ4v) is 12.3. The Morgan fingerprint density at radius 1 is 0.383 bits per heavy atom. The van der Waals surface area contributed by atoms with E-state index < -0.39 is 8.07 Å². The predicted octanol–water partition coefficient (Wildman–Crippen LogP) is 9.28. The van der Waals surface area contributed by atoms with Crippen molar-refractivity contribution in [3.8, 4) is 0 Å². The fourth-order valence-electron chi connectivity index (χ4n) is 7.20. The van der Waals surface area contributed by atoms with Crippen molar-refractivity contribution in [1.29, 1.82) is 0 Å². The molecule has 7 aromatic rings. The Morgan fingerprint density at radius 2 is 0.723 bits per heavy atom. The number of para-hydroxylation sites is 2. The first-order chi connectivity index (χ1) is 23.1. The summed E-state index contributed by atoms with van der Waals surface area (Å²) in [5.41, 5.74) is 7.25. The molecule has 7 aromatic carbocycles. The summed E-state index contributed by atoms with van der Waals surface area (Å²) in [4.78, 5) is 4.63. The number of benzene rings is 7. The molecule has 0 radical (unpaired) electrons. The summed E-state index contributed by atoms with van der Waals surface area (Å²) in [5.74, 6) is 0. The summed E-state index contributed by atoms with van der Waals surface area (Å²) < 4.78 is 0. The van der Waals surface area contributed by atoms with Crippen LogP contribution < -0.4 is 30.5 Å². The Balaban J connectivity index is 1.56. The second-order valence-electron chi connectivity index (χ2n) is 12.0. The van der Waals surface area contributed by atoms with Gasteiger partial charge in [-0.1, -0.05) is 133 Å². The lowest BCUT2D eigenvalue weighted by atomic mass is 10.1. The van der Waals surface area contributed by atoms with Crippen molar-refractivity contribution in [2.75, 3.05) is 9.80 Å². The molecule has 0 atom stereocenters. The number of rotatable bonds is 4. The van der Waals surface area contributed by atoms with Crippen molar-refractivity contribution in [3.63, 3.8) is 0 Å². The van der Waals surface area contributed by atoms with Crippen molar-refractivity contribution in [1.82, 2.24) is 0 Å². The molecule has 0 aromatic heterocycles. The zero-order valence-corrected chi connectivity index (χ0v) is 27.8. The van der Waals surface area contributed by atoms with E-state index in [1.807, 2.05) is 0 Å². The Kier molecular flexibility index (Phi) is 7.49. The van der Waals surface area contributed by atoms with E-state index in [-0.39, 0.29) is 0 Å². The summed E-state index contributed by atoms with van der Waals surface area (Å²) in [6.07, 6.45) is 0. The first-order valence-electron chi connectivity index (χ1n) is 16.0. The number of halogens is 1. The van der Waals surface area contributed by atoms with Gasteiger partial charge in [0.05, 0.1) is 16.4 Å². The van der Waals surface area contributed by atoms with Crippen molar-refractivity contribution >= 4 is 74.5 Å². The molecule has 1 aliphatic heterocycles. The lowest BCUT2D eigenvalue weighted by Gasteiger charge is -2.38. The number of aryl methyl sites for hydroxylation is 1. The molecule has 226 valence electrons. The molecule has 0 fully saturated rings. The molecule has 2 nitrogen and oxygen atoms in total. The summed E-state index contributed by atoms with van der Waals surface area (Å²) in [6.45, 7) is 2.15. The van der Waals surface area contributed by atoms with Crippen molar-refractivity contribution in [3.05, 3.63) is 193 Å². The minimum atomic E-state index is -2.85. The first kappa shape index (κ1) is 29.1. The largest absolute Gasteiger partial charge is 0.309 e. The van der Waals surface area contributed by atoms with Gasteiger partial charge in [0.1, 0.15) is 0 Å². The van der Waals surface area contributed by atoms with Gasteiger partial charge in [-0.3, -0.25) is 0 Å². The molecule has 0 unspecified atom stereocenters. The van der Waals surface area contributed by atoms with E-state index in [1.54, 1.807) is 0 Å². The third kappa shape index (κ3) is 4.96. The topological polar surface area (TPSA) is 6.48 Å². The average molecular weight is 641 g/mol. The third-order valence-corrected chi connectivity index (χ3v) is 14.3. The summed E-state index contributed by atoms with van der Waals surface area (Å²) >= 11 is 7.60. The number of anilines is 6. The van der Waals surface area contributed by atoms with Gasteiger partial charge in [0, 0.05) is 22.7 Å². The van der Waals surface area contributed by atoms with Crippen LogP contribution in [0.15, 0.2) is 182 Å². The van der Waals surface area contributed by atoms with Gasteiger partial charge in [0.25, 0.3) is 0 Å². The molecular formula is C43H33ClN2Si. The maximum Gasteiger partial charge on any atom is 0.179 e. The van der Waals surface area contributed by atoms with Gasteiger partial charge in [-0.15, -0.1) is 0 Å². The van der Waals surface area contributed by atoms with E-state index in [0.29, 0.717) is 5.02 Å².